The summed E-state index contributed by atoms with van der Waals surface area (Å²) in [4.78, 5) is 40.4. The van der Waals surface area contributed by atoms with E-state index in [2.05, 4.69) is 0 Å². The lowest BCUT2D eigenvalue weighted by atomic mass is 10.1. The molecule has 6 nitrogen and oxygen atoms in total. The Morgan fingerprint density at radius 2 is 1.76 bits per heavy atom. The molecule has 0 bridgehead atoms. The molecule has 25 heavy (non-hydrogen) atoms. The van der Waals surface area contributed by atoms with Crippen molar-refractivity contribution in [3.8, 4) is 0 Å². The van der Waals surface area contributed by atoms with E-state index in [1.165, 1.54) is 4.90 Å². The van der Waals surface area contributed by atoms with Crippen molar-refractivity contribution >= 4 is 23.4 Å². The Morgan fingerprint density at radius 1 is 1.12 bits per heavy atom. The van der Waals surface area contributed by atoms with Gasteiger partial charge in [-0.05, 0) is 39.0 Å². The molecule has 130 valence electrons. The van der Waals surface area contributed by atoms with Crippen LogP contribution in [0.2, 0.25) is 0 Å². The largest absolute Gasteiger partial charge is 0.351 e. The van der Waals surface area contributed by atoms with Crippen LogP contribution >= 0.6 is 0 Å². The number of hydrogen-bond donors (Lipinski definition) is 0. The molecule has 2 heterocycles. The maximum atomic E-state index is 12.7. The number of amides is 3. The second-order valence-electron chi connectivity index (χ2n) is 6.36. The number of Topliss-reactive ketones (excluding diaryl/α,β-unsaturated/α-hetero) is 1. The van der Waals surface area contributed by atoms with E-state index in [0.717, 1.165) is 16.3 Å². The molecule has 1 fully saturated rings. The maximum Gasteiger partial charge on any atom is 0.332 e. The minimum absolute atomic E-state index is 0.231. The fourth-order valence-corrected chi connectivity index (χ4v) is 3.16. The molecule has 1 aromatic carbocycles. The van der Waals surface area contributed by atoms with Crippen LogP contribution in [-0.4, -0.2) is 39.8 Å². The number of hydrogen-bond acceptors (Lipinski definition) is 3. The molecule has 1 aliphatic rings. The SMILES string of the molecule is Cc1cc(C(=O)CN2C(=O)[C@H](C)N(c3ccccc3)C2=O)c(C)n1C. The van der Waals surface area contributed by atoms with Crippen molar-refractivity contribution in [2.75, 3.05) is 11.4 Å². The fraction of sp³-hybridized carbons (Fsp3) is 0.316. The first-order chi connectivity index (χ1) is 11.8. The molecule has 3 amide bonds. The van der Waals surface area contributed by atoms with E-state index in [0.29, 0.717) is 11.3 Å². The lowest BCUT2D eigenvalue weighted by molar-refractivity contribution is -0.126. The van der Waals surface area contributed by atoms with Gasteiger partial charge in [0.15, 0.2) is 5.78 Å². The summed E-state index contributed by atoms with van der Waals surface area (Å²) in [6.07, 6.45) is 0. The Balaban J connectivity index is 1.85. The number of carbonyl (C=O) groups is 3. The third-order valence-electron chi connectivity index (χ3n) is 4.86. The second-order valence-corrected chi connectivity index (χ2v) is 6.36. The van der Waals surface area contributed by atoms with Crippen molar-refractivity contribution in [2.45, 2.75) is 26.8 Å². The molecule has 0 radical (unpaired) electrons. The van der Waals surface area contributed by atoms with Crippen LogP contribution in [0.5, 0.6) is 0 Å². The van der Waals surface area contributed by atoms with Gasteiger partial charge in [0, 0.05) is 29.7 Å². The highest BCUT2D eigenvalue weighted by molar-refractivity contribution is 6.16. The van der Waals surface area contributed by atoms with Gasteiger partial charge in [0.05, 0.1) is 6.54 Å². The van der Waals surface area contributed by atoms with Gasteiger partial charge in [-0.3, -0.25) is 19.4 Å². The van der Waals surface area contributed by atoms with Crippen molar-refractivity contribution in [2.24, 2.45) is 7.05 Å². The first kappa shape index (κ1) is 17.0. The highest BCUT2D eigenvalue weighted by Crippen LogP contribution is 2.26. The summed E-state index contributed by atoms with van der Waals surface area (Å²) in [6.45, 7) is 5.20. The van der Waals surface area contributed by atoms with Crippen LogP contribution in [0.3, 0.4) is 0 Å². The van der Waals surface area contributed by atoms with Crippen LogP contribution in [0.4, 0.5) is 10.5 Å². The molecule has 1 atom stereocenters. The molecule has 1 saturated heterocycles. The van der Waals surface area contributed by atoms with Crippen LogP contribution in [0.1, 0.15) is 28.7 Å². The highest BCUT2D eigenvalue weighted by atomic mass is 16.2. The number of aryl methyl sites for hydroxylation is 1. The molecule has 0 saturated carbocycles. The standard InChI is InChI=1S/C19H21N3O3/c1-12-10-16(13(2)20(12)4)17(23)11-21-18(24)14(3)22(19(21)25)15-8-6-5-7-9-15/h5-10,14H,11H2,1-4H3/t14-/m0/s1. The van der Waals surface area contributed by atoms with E-state index in [-0.39, 0.29) is 18.2 Å². The van der Waals surface area contributed by atoms with Gasteiger partial charge in [0.2, 0.25) is 0 Å². The van der Waals surface area contributed by atoms with E-state index in [9.17, 15) is 14.4 Å². The second kappa shape index (κ2) is 6.20. The Kier molecular flexibility index (Phi) is 4.20. The Labute approximate surface area is 146 Å². The Hall–Kier alpha value is -2.89. The molecular weight excluding hydrogens is 318 g/mol. The summed E-state index contributed by atoms with van der Waals surface area (Å²) in [6, 6.07) is 9.73. The van der Waals surface area contributed by atoms with Crippen LogP contribution < -0.4 is 4.90 Å². The first-order valence-electron chi connectivity index (χ1n) is 8.18. The number of benzene rings is 1. The predicted octanol–water partition coefficient (Wildman–Crippen LogP) is 2.68. The van der Waals surface area contributed by atoms with Gasteiger partial charge in [-0.15, -0.1) is 0 Å². The fourth-order valence-electron chi connectivity index (χ4n) is 3.16. The van der Waals surface area contributed by atoms with E-state index in [4.69, 9.17) is 0 Å². The molecule has 0 spiro atoms. The average molecular weight is 339 g/mol. The van der Waals surface area contributed by atoms with E-state index in [1.54, 1.807) is 25.1 Å². The third kappa shape index (κ3) is 2.73. The highest BCUT2D eigenvalue weighted by Gasteiger charge is 2.44. The van der Waals surface area contributed by atoms with Crippen molar-refractivity contribution in [3.05, 3.63) is 53.3 Å². The topological polar surface area (TPSA) is 62.6 Å². The lowest BCUT2D eigenvalue weighted by Gasteiger charge is -2.19. The summed E-state index contributed by atoms with van der Waals surface area (Å²) < 4.78 is 1.92. The molecule has 0 unspecified atom stereocenters. The van der Waals surface area contributed by atoms with Crippen LogP contribution in [0, 0.1) is 13.8 Å². The molecule has 0 aliphatic carbocycles. The monoisotopic (exact) mass is 339 g/mol. The minimum Gasteiger partial charge on any atom is -0.351 e. The van der Waals surface area contributed by atoms with Gasteiger partial charge in [0.1, 0.15) is 6.04 Å². The first-order valence-corrected chi connectivity index (χ1v) is 8.18. The summed E-state index contributed by atoms with van der Waals surface area (Å²) >= 11 is 0. The van der Waals surface area contributed by atoms with Gasteiger partial charge < -0.3 is 4.57 Å². The summed E-state index contributed by atoms with van der Waals surface area (Å²) in [5.41, 5.74) is 2.98. The summed E-state index contributed by atoms with van der Waals surface area (Å²) in [5, 5.41) is 0. The number of nitrogens with zero attached hydrogens (tertiary/aromatic N) is 3. The van der Waals surface area contributed by atoms with Gasteiger partial charge >= 0.3 is 6.03 Å². The maximum absolute atomic E-state index is 12.7. The molecule has 1 aromatic heterocycles. The lowest BCUT2D eigenvalue weighted by Crippen LogP contribution is -2.37. The number of para-hydroxylation sites is 1. The minimum atomic E-state index is -0.624. The van der Waals surface area contributed by atoms with Crippen molar-refractivity contribution in [3.63, 3.8) is 0 Å². The predicted molar refractivity (Wildman–Crippen MR) is 94.7 cm³/mol. The molecule has 0 N–H and O–H groups in total. The molecule has 6 heteroatoms. The van der Waals surface area contributed by atoms with E-state index < -0.39 is 12.1 Å². The molecule has 2 aromatic rings. The van der Waals surface area contributed by atoms with Gasteiger partial charge in [0.25, 0.3) is 5.91 Å². The van der Waals surface area contributed by atoms with Crippen molar-refractivity contribution in [1.82, 2.24) is 9.47 Å². The quantitative estimate of drug-likeness (QED) is 0.635. The zero-order chi connectivity index (χ0) is 18.3. The molecule has 3 rings (SSSR count). The summed E-state index contributed by atoms with van der Waals surface area (Å²) in [5.74, 6) is -0.586. The normalized spacial score (nSPS) is 17.5. The zero-order valence-corrected chi connectivity index (χ0v) is 14.8. The number of anilines is 1. The van der Waals surface area contributed by atoms with Crippen LogP contribution in [0.15, 0.2) is 36.4 Å². The zero-order valence-electron chi connectivity index (χ0n) is 14.8. The van der Waals surface area contributed by atoms with Crippen molar-refractivity contribution in [1.29, 1.82) is 0 Å². The average Bonchev–Trinajstić information content (AvgIpc) is 2.98. The number of aromatic nitrogens is 1. The number of urea groups is 1. The van der Waals surface area contributed by atoms with Gasteiger partial charge in [-0.1, -0.05) is 18.2 Å². The molecular formula is C19H21N3O3. The number of carbonyl (C=O) groups excluding carboxylic acids is 3. The van der Waals surface area contributed by atoms with Gasteiger partial charge in [-0.2, -0.15) is 0 Å². The summed E-state index contributed by atoms with van der Waals surface area (Å²) in [7, 11) is 1.88. The number of imide groups is 1. The van der Waals surface area contributed by atoms with E-state index >= 15 is 0 Å². The number of rotatable bonds is 4. The molecule has 1 aliphatic heterocycles. The number of ketones is 1. The van der Waals surface area contributed by atoms with Crippen molar-refractivity contribution < 1.29 is 14.4 Å². The van der Waals surface area contributed by atoms with E-state index in [1.807, 2.05) is 43.7 Å². The Bertz CT molecular complexity index is 854. The van der Waals surface area contributed by atoms with Gasteiger partial charge in [-0.25, -0.2) is 4.79 Å². The van der Waals surface area contributed by atoms with Crippen LogP contribution in [0.25, 0.3) is 0 Å². The Morgan fingerprint density at radius 3 is 2.32 bits per heavy atom. The van der Waals surface area contributed by atoms with Crippen LogP contribution in [-0.2, 0) is 11.8 Å². The smallest absolute Gasteiger partial charge is 0.332 e. The third-order valence-corrected chi connectivity index (χ3v) is 4.86.